The monoisotopic (exact) mass is 440 g/mol. The van der Waals surface area contributed by atoms with Crippen molar-refractivity contribution in [2.45, 2.75) is 51.4 Å². The Balaban J connectivity index is 1.85. The topological polar surface area (TPSA) is 127 Å². The Labute approximate surface area is 186 Å². The molecule has 0 radical (unpaired) electrons. The van der Waals surface area contributed by atoms with Gasteiger partial charge in [0.2, 0.25) is 5.78 Å². The average Bonchev–Trinajstić information content (AvgIpc) is 2.74. The lowest BCUT2D eigenvalue weighted by molar-refractivity contribution is 0.0210. The van der Waals surface area contributed by atoms with E-state index in [1.54, 1.807) is 13.0 Å². The van der Waals surface area contributed by atoms with Gasteiger partial charge in [0.25, 0.3) is 0 Å². The van der Waals surface area contributed by atoms with Crippen molar-refractivity contribution in [2.75, 3.05) is 0 Å². The normalized spacial score (nSPS) is 19.2. The van der Waals surface area contributed by atoms with Crippen LogP contribution in [0, 0.1) is 0 Å². The van der Waals surface area contributed by atoms with Crippen LogP contribution in [0.2, 0.25) is 0 Å². The molecule has 1 aliphatic rings. The number of carbonyl (C=O) groups excluding carboxylic acids is 1. The maximum absolute atomic E-state index is 12.9. The van der Waals surface area contributed by atoms with Crippen LogP contribution in [0.5, 0.6) is 23.0 Å². The number of rotatable bonds is 7. The number of hydrogen-bond donors (Lipinski definition) is 5. The van der Waals surface area contributed by atoms with Crippen LogP contribution in [-0.2, 0) is 6.42 Å². The van der Waals surface area contributed by atoms with Crippen LogP contribution in [-0.4, -0.2) is 43.5 Å². The number of ketones is 1. The average molecular weight is 440 g/mol. The Bertz CT molecular complexity index is 1050. The summed E-state index contributed by atoms with van der Waals surface area (Å²) in [5.41, 5.74) is 2.06. The standard InChI is InChI=1S/C25H28O7/c1-13(2)18(27)11-5-14(3)4-10-17-19(28)12-20-21(22(17)29)23(30)24(31)25(32-20)15-6-8-16(26)9-7-15/h4,6-9,12,18,24-29,31H,1,5,10-11H2,2-3H3/t18-,24+,25-/m1/s1. The fourth-order valence-electron chi connectivity index (χ4n) is 3.59. The van der Waals surface area contributed by atoms with Crippen LogP contribution < -0.4 is 4.74 Å². The van der Waals surface area contributed by atoms with Gasteiger partial charge in [-0.2, -0.15) is 0 Å². The summed E-state index contributed by atoms with van der Waals surface area (Å²) in [7, 11) is 0. The summed E-state index contributed by atoms with van der Waals surface area (Å²) < 4.78 is 5.75. The third kappa shape index (κ3) is 4.79. The van der Waals surface area contributed by atoms with Crippen molar-refractivity contribution in [1.29, 1.82) is 0 Å². The van der Waals surface area contributed by atoms with Gasteiger partial charge < -0.3 is 30.3 Å². The molecule has 0 fully saturated rings. The zero-order valence-electron chi connectivity index (χ0n) is 18.1. The van der Waals surface area contributed by atoms with E-state index in [-0.39, 0.29) is 34.8 Å². The maximum Gasteiger partial charge on any atom is 0.202 e. The summed E-state index contributed by atoms with van der Waals surface area (Å²) in [5, 5.41) is 51.0. The van der Waals surface area contributed by atoms with E-state index in [0.29, 0.717) is 24.0 Å². The molecular weight excluding hydrogens is 412 g/mol. The minimum atomic E-state index is -1.56. The Kier molecular flexibility index (Phi) is 6.91. The molecule has 2 aromatic rings. The second-order valence-corrected chi connectivity index (χ2v) is 8.19. The second-order valence-electron chi connectivity index (χ2n) is 8.19. The summed E-state index contributed by atoms with van der Waals surface area (Å²) in [4.78, 5) is 12.9. The van der Waals surface area contributed by atoms with E-state index in [0.717, 1.165) is 5.57 Å². The summed E-state index contributed by atoms with van der Waals surface area (Å²) in [6.07, 6.45) is -0.118. The molecule has 1 aliphatic heterocycles. The zero-order chi connectivity index (χ0) is 23.6. The Morgan fingerprint density at radius 2 is 1.84 bits per heavy atom. The van der Waals surface area contributed by atoms with Crippen molar-refractivity contribution in [2.24, 2.45) is 0 Å². The quantitative estimate of drug-likeness (QED) is 0.416. The molecule has 0 saturated carbocycles. The first kappa shape index (κ1) is 23.4. The molecule has 0 spiro atoms. The van der Waals surface area contributed by atoms with Crippen LogP contribution >= 0.6 is 0 Å². The highest BCUT2D eigenvalue weighted by Crippen LogP contribution is 2.45. The number of Topliss-reactive ketones (excluding diaryl/α,β-unsaturated/α-hetero) is 1. The molecule has 1 heterocycles. The lowest BCUT2D eigenvalue weighted by Crippen LogP contribution is -2.36. The van der Waals surface area contributed by atoms with E-state index < -0.39 is 29.8 Å². The van der Waals surface area contributed by atoms with E-state index >= 15 is 0 Å². The van der Waals surface area contributed by atoms with E-state index in [1.807, 2.05) is 6.92 Å². The van der Waals surface area contributed by atoms with Crippen molar-refractivity contribution in [3.8, 4) is 23.0 Å². The minimum absolute atomic E-state index is 0.0255. The third-order valence-corrected chi connectivity index (χ3v) is 5.66. The molecule has 2 aromatic carbocycles. The number of fused-ring (bicyclic) bond motifs is 1. The molecule has 0 unspecified atom stereocenters. The van der Waals surface area contributed by atoms with Crippen LogP contribution in [0.25, 0.3) is 0 Å². The van der Waals surface area contributed by atoms with Crippen molar-refractivity contribution in [3.05, 3.63) is 70.8 Å². The molecule has 32 heavy (non-hydrogen) atoms. The molecule has 0 aromatic heterocycles. The van der Waals surface area contributed by atoms with Gasteiger partial charge in [0.05, 0.1) is 6.10 Å². The fourth-order valence-corrected chi connectivity index (χ4v) is 3.59. The number of hydrogen-bond acceptors (Lipinski definition) is 7. The molecule has 7 heteroatoms. The molecule has 5 N–H and O–H groups in total. The van der Waals surface area contributed by atoms with Gasteiger partial charge in [-0.25, -0.2) is 0 Å². The summed E-state index contributed by atoms with van der Waals surface area (Å²) in [6, 6.07) is 7.12. The Hall–Kier alpha value is -3.29. The summed E-state index contributed by atoms with van der Waals surface area (Å²) in [6.45, 7) is 7.35. The van der Waals surface area contributed by atoms with Gasteiger partial charge in [0.15, 0.2) is 12.2 Å². The van der Waals surface area contributed by atoms with Gasteiger partial charge in [0, 0.05) is 11.6 Å². The number of aliphatic hydroxyl groups is 2. The number of ether oxygens (including phenoxy) is 1. The zero-order valence-corrected chi connectivity index (χ0v) is 18.1. The lowest BCUT2D eigenvalue weighted by Gasteiger charge is -2.30. The smallest absolute Gasteiger partial charge is 0.202 e. The summed E-state index contributed by atoms with van der Waals surface area (Å²) in [5.74, 6) is -1.38. The third-order valence-electron chi connectivity index (χ3n) is 5.66. The first-order valence-corrected chi connectivity index (χ1v) is 10.3. The van der Waals surface area contributed by atoms with Gasteiger partial charge >= 0.3 is 0 Å². The lowest BCUT2D eigenvalue weighted by atomic mass is 9.90. The number of carbonyl (C=O) groups is 1. The molecule has 3 rings (SSSR count). The first-order valence-electron chi connectivity index (χ1n) is 10.3. The van der Waals surface area contributed by atoms with Crippen molar-refractivity contribution < 1.29 is 35.1 Å². The van der Waals surface area contributed by atoms with Gasteiger partial charge in [-0.05, 0) is 50.8 Å². The molecular formula is C25H28O7. The molecule has 0 aliphatic carbocycles. The predicted molar refractivity (Wildman–Crippen MR) is 119 cm³/mol. The van der Waals surface area contributed by atoms with E-state index in [1.165, 1.54) is 30.3 Å². The van der Waals surface area contributed by atoms with E-state index in [9.17, 15) is 30.3 Å². The SMILES string of the molecule is C=C(C)[C@H](O)CCC(C)=CCc1c(O)cc2c(c1O)C(=O)[C@H](O)[C@@H](c1ccc(O)cc1)O2. The highest BCUT2D eigenvalue weighted by atomic mass is 16.5. The number of allylic oxidation sites excluding steroid dienone is 2. The Morgan fingerprint density at radius 3 is 2.47 bits per heavy atom. The van der Waals surface area contributed by atoms with Crippen molar-refractivity contribution in [1.82, 2.24) is 0 Å². The second kappa shape index (κ2) is 9.46. The summed E-state index contributed by atoms with van der Waals surface area (Å²) >= 11 is 0. The number of benzene rings is 2. The van der Waals surface area contributed by atoms with E-state index in [2.05, 4.69) is 6.58 Å². The number of phenols is 3. The minimum Gasteiger partial charge on any atom is -0.508 e. The van der Waals surface area contributed by atoms with Crippen LogP contribution in [0.15, 0.2) is 54.1 Å². The molecule has 0 bridgehead atoms. The fraction of sp³-hybridized carbons (Fsp3) is 0.320. The first-order chi connectivity index (χ1) is 15.1. The number of aromatic hydroxyl groups is 3. The molecule has 7 nitrogen and oxygen atoms in total. The molecule has 3 atom stereocenters. The van der Waals surface area contributed by atoms with Crippen LogP contribution in [0.3, 0.4) is 0 Å². The maximum atomic E-state index is 12.9. The van der Waals surface area contributed by atoms with Gasteiger partial charge in [-0.1, -0.05) is 35.9 Å². The highest BCUT2D eigenvalue weighted by Gasteiger charge is 2.40. The molecule has 170 valence electrons. The highest BCUT2D eigenvalue weighted by molar-refractivity contribution is 6.06. The predicted octanol–water partition coefficient (Wildman–Crippen LogP) is 3.69. The molecule has 0 amide bonds. The van der Waals surface area contributed by atoms with Gasteiger partial charge in [-0.15, -0.1) is 0 Å². The Morgan fingerprint density at radius 1 is 1.19 bits per heavy atom. The van der Waals surface area contributed by atoms with Crippen molar-refractivity contribution in [3.63, 3.8) is 0 Å². The molecule has 0 saturated heterocycles. The number of aliphatic hydroxyl groups excluding tert-OH is 2. The van der Waals surface area contributed by atoms with Crippen LogP contribution in [0.1, 0.15) is 54.3 Å². The van der Waals surface area contributed by atoms with Gasteiger partial charge in [0.1, 0.15) is 28.6 Å². The number of phenolic OH excluding ortho intramolecular Hbond substituents is 3. The van der Waals surface area contributed by atoms with Crippen molar-refractivity contribution >= 4 is 5.78 Å². The van der Waals surface area contributed by atoms with Crippen LogP contribution in [0.4, 0.5) is 0 Å². The van der Waals surface area contributed by atoms with Gasteiger partial charge in [-0.3, -0.25) is 4.79 Å². The van der Waals surface area contributed by atoms with E-state index in [4.69, 9.17) is 4.74 Å². The largest absolute Gasteiger partial charge is 0.508 e.